The van der Waals surface area contributed by atoms with Crippen LogP contribution in [0.2, 0.25) is 0 Å². The van der Waals surface area contributed by atoms with Crippen molar-refractivity contribution in [3.8, 4) is 5.75 Å². The molecule has 114 valence electrons. The molecule has 2 aromatic rings. The van der Waals surface area contributed by atoms with Gasteiger partial charge in [0.2, 0.25) is 0 Å². The van der Waals surface area contributed by atoms with Crippen LogP contribution in [0.1, 0.15) is 31.8 Å². The van der Waals surface area contributed by atoms with Crippen LogP contribution in [0, 0.1) is 13.8 Å². The molecule has 22 heavy (non-hydrogen) atoms. The van der Waals surface area contributed by atoms with Gasteiger partial charge in [-0.25, -0.2) is 0 Å². The predicted octanol–water partition coefficient (Wildman–Crippen LogP) is 2.92. The van der Waals surface area contributed by atoms with Gasteiger partial charge in [0.1, 0.15) is 18.6 Å². The minimum Gasteiger partial charge on any atom is -0.491 e. The fraction of sp³-hybridized carbons (Fsp3) is 0.222. The minimum absolute atomic E-state index is 0.179. The van der Waals surface area contributed by atoms with E-state index in [0.717, 1.165) is 17.6 Å². The third-order valence-corrected chi connectivity index (χ3v) is 3.28. The maximum atomic E-state index is 11.9. The lowest BCUT2D eigenvalue weighted by atomic mass is 10.1. The van der Waals surface area contributed by atoms with Gasteiger partial charge in [-0.05, 0) is 37.6 Å². The molecule has 4 heteroatoms. The number of carbonyl (C=O) groups excluding carboxylic acids is 2. The first-order valence-corrected chi connectivity index (χ1v) is 7.13. The molecule has 0 saturated carbocycles. The van der Waals surface area contributed by atoms with Gasteiger partial charge in [-0.2, -0.15) is 0 Å². The van der Waals surface area contributed by atoms with Crippen LogP contribution in [0.15, 0.2) is 42.5 Å². The van der Waals surface area contributed by atoms with Crippen LogP contribution < -0.4 is 10.1 Å². The molecule has 0 aliphatic heterocycles. The molecule has 1 N–H and O–H groups in total. The zero-order chi connectivity index (χ0) is 15.9. The quantitative estimate of drug-likeness (QED) is 0.659. The van der Waals surface area contributed by atoms with Crippen molar-refractivity contribution in [2.45, 2.75) is 13.8 Å². The Morgan fingerprint density at radius 1 is 1.14 bits per heavy atom. The Morgan fingerprint density at radius 2 is 1.86 bits per heavy atom. The van der Waals surface area contributed by atoms with Crippen molar-refractivity contribution >= 4 is 12.2 Å². The molecule has 0 fully saturated rings. The Morgan fingerprint density at radius 3 is 2.50 bits per heavy atom. The Balaban J connectivity index is 1.80. The number of aldehydes is 1. The van der Waals surface area contributed by atoms with E-state index in [9.17, 15) is 9.59 Å². The second-order valence-corrected chi connectivity index (χ2v) is 5.11. The average molecular weight is 297 g/mol. The highest BCUT2D eigenvalue weighted by Gasteiger charge is 2.05. The first-order chi connectivity index (χ1) is 10.6. The SMILES string of the molecule is Cc1ccc(OCCNC(=O)c2ccc(C=O)cc2)c(C)c1. The average Bonchev–Trinajstić information content (AvgIpc) is 2.53. The number of carbonyl (C=O) groups is 2. The Kier molecular flexibility index (Phi) is 5.31. The van der Waals surface area contributed by atoms with E-state index in [1.54, 1.807) is 24.3 Å². The summed E-state index contributed by atoms with van der Waals surface area (Å²) in [7, 11) is 0. The maximum absolute atomic E-state index is 11.9. The number of aryl methyl sites for hydroxylation is 2. The summed E-state index contributed by atoms with van der Waals surface area (Å²) in [6.07, 6.45) is 0.749. The molecule has 0 radical (unpaired) electrons. The fourth-order valence-corrected chi connectivity index (χ4v) is 2.10. The van der Waals surface area contributed by atoms with Crippen LogP contribution in [0.5, 0.6) is 5.75 Å². The molecular formula is C18H19NO3. The van der Waals surface area contributed by atoms with E-state index < -0.39 is 0 Å². The molecule has 0 aliphatic carbocycles. The minimum atomic E-state index is -0.179. The van der Waals surface area contributed by atoms with E-state index in [4.69, 9.17) is 4.74 Å². The van der Waals surface area contributed by atoms with Gasteiger partial charge in [0.25, 0.3) is 5.91 Å². The Bertz CT molecular complexity index is 663. The van der Waals surface area contributed by atoms with Crippen LogP contribution in [-0.2, 0) is 0 Å². The fourth-order valence-electron chi connectivity index (χ4n) is 2.10. The van der Waals surface area contributed by atoms with Crippen molar-refractivity contribution in [2.75, 3.05) is 13.2 Å². The number of benzene rings is 2. The summed E-state index contributed by atoms with van der Waals surface area (Å²) in [5.41, 5.74) is 3.35. The topological polar surface area (TPSA) is 55.4 Å². The van der Waals surface area contributed by atoms with Crippen LogP contribution in [0.4, 0.5) is 0 Å². The molecule has 0 aromatic heterocycles. The lowest BCUT2D eigenvalue weighted by molar-refractivity contribution is 0.0946. The van der Waals surface area contributed by atoms with E-state index >= 15 is 0 Å². The van der Waals surface area contributed by atoms with Crippen molar-refractivity contribution in [2.24, 2.45) is 0 Å². The smallest absolute Gasteiger partial charge is 0.251 e. The van der Waals surface area contributed by atoms with Gasteiger partial charge in [-0.3, -0.25) is 9.59 Å². The molecule has 0 spiro atoms. The van der Waals surface area contributed by atoms with E-state index in [0.29, 0.717) is 24.3 Å². The van der Waals surface area contributed by atoms with E-state index in [1.807, 2.05) is 26.0 Å². The molecule has 0 unspecified atom stereocenters. The van der Waals surface area contributed by atoms with Crippen molar-refractivity contribution < 1.29 is 14.3 Å². The molecule has 2 aromatic carbocycles. The molecule has 1 amide bonds. The number of nitrogens with one attached hydrogen (secondary N) is 1. The first-order valence-electron chi connectivity index (χ1n) is 7.13. The zero-order valence-corrected chi connectivity index (χ0v) is 12.8. The van der Waals surface area contributed by atoms with Gasteiger partial charge >= 0.3 is 0 Å². The maximum Gasteiger partial charge on any atom is 0.251 e. The van der Waals surface area contributed by atoms with Crippen molar-refractivity contribution in [3.05, 3.63) is 64.7 Å². The summed E-state index contributed by atoms with van der Waals surface area (Å²) >= 11 is 0. The van der Waals surface area contributed by atoms with Gasteiger partial charge in [0.05, 0.1) is 6.54 Å². The van der Waals surface area contributed by atoms with Crippen LogP contribution >= 0.6 is 0 Å². The number of amides is 1. The predicted molar refractivity (Wildman–Crippen MR) is 85.6 cm³/mol. The van der Waals surface area contributed by atoms with Gasteiger partial charge in [-0.15, -0.1) is 0 Å². The summed E-state index contributed by atoms with van der Waals surface area (Å²) in [4.78, 5) is 22.5. The summed E-state index contributed by atoms with van der Waals surface area (Å²) in [6, 6.07) is 12.5. The van der Waals surface area contributed by atoms with Crippen LogP contribution in [-0.4, -0.2) is 25.3 Å². The molecule has 0 heterocycles. The molecule has 4 nitrogen and oxygen atoms in total. The second-order valence-electron chi connectivity index (χ2n) is 5.11. The van der Waals surface area contributed by atoms with Crippen molar-refractivity contribution in [1.29, 1.82) is 0 Å². The van der Waals surface area contributed by atoms with Gasteiger partial charge < -0.3 is 10.1 Å². The van der Waals surface area contributed by atoms with Gasteiger partial charge in [0, 0.05) is 11.1 Å². The molecule has 0 atom stereocenters. The molecule has 0 aliphatic rings. The van der Waals surface area contributed by atoms with Crippen LogP contribution in [0.3, 0.4) is 0 Å². The second kappa shape index (κ2) is 7.41. The summed E-state index contributed by atoms with van der Waals surface area (Å²) in [5, 5.41) is 2.79. The van der Waals surface area contributed by atoms with E-state index in [1.165, 1.54) is 5.56 Å². The monoisotopic (exact) mass is 297 g/mol. The Labute approximate surface area is 130 Å². The van der Waals surface area contributed by atoms with Gasteiger partial charge in [0.15, 0.2) is 0 Å². The number of rotatable bonds is 6. The lowest BCUT2D eigenvalue weighted by Crippen LogP contribution is -2.28. The summed E-state index contributed by atoms with van der Waals surface area (Å²) in [6.45, 7) is 4.85. The first kappa shape index (κ1) is 15.8. The van der Waals surface area contributed by atoms with Crippen molar-refractivity contribution in [1.82, 2.24) is 5.32 Å². The number of hydrogen-bond donors (Lipinski definition) is 1. The number of hydrogen-bond acceptors (Lipinski definition) is 3. The number of ether oxygens (including phenoxy) is 1. The normalized spacial score (nSPS) is 10.1. The highest BCUT2D eigenvalue weighted by Crippen LogP contribution is 2.18. The Hall–Kier alpha value is -2.62. The van der Waals surface area contributed by atoms with Gasteiger partial charge in [-0.1, -0.05) is 29.8 Å². The van der Waals surface area contributed by atoms with E-state index in [2.05, 4.69) is 11.4 Å². The highest BCUT2D eigenvalue weighted by atomic mass is 16.5. The lowest BCUT2D eigenvalue weighted by Gasteiger charge is -2.10. The molecule has 2 rings (SSSR count). The standard InChI is InChI=1S/C18H19NO3/c1-13-3-8-17(14(2)11-13)22-10-9-19-18(21)16-6-4-15(12-20)5-7-16/h3-8,11-12H,9-10H2,1-2H3,(H,19,21). The largest absolute Gasteiger partial charge is 0.491 e. The molecule has 0 bridgehead atoms. The van der Waals surface area contributed by atoms with Crippen LogP contribution in [0.25, 0.3) is 0 Å². The molecule has 0 saturated heterocycles. The summed E-state index contributed by atoms with van der Waals surface area (Å²) in [5.74, 6) is 0.650. The highest BCUT2D eigenvalue weighted by molar-refractivity contribution is 5.94. The van der Waals surface area contributed by atoms with Crippen molar-refractivity contribution in [3.63, 3.8) is 0 Å². The molecular weight excluding hydrogens is 278 g/mol. The third kappa shape index (κ3) is 4.19. The van der Waals surface area contributed by atoms with E-state index in [-0.39, 0.29) is 5.91 Å². The summed E-state index contributed by atoms with van der Waals surface area (Å²) < 4.78 is 5.65. The third-order valence-electron chi connectivity index (χ3n) is 3.28. The zero-order valence-electron chi connectivity index (χ0n) is 12.8.